The van der Waals surface area contributed by atoms with E-state index in [4.69, 9.17) is 11.6 Å². The number of nitrogens with one attached hydrogen (secondary N) is 1. The standard InChI is InChI=1S/C20H24ClNO3S/c1-4-14(5-2)19(15-9-7-6-8-10-15)22-20(23)17-13-16(26(3,24)25)11-12-18(17)21/h6-14,19H,4-5H2,1-3H3,(H,22,23). The van der Waals surface area contributed by atoms with E-state index < -0.39 is 9.84 Å². The summed E-state index contributed by atoms with van der Waals surface area (Å²) < 4.78 is 23.6. The minimum Gasteiger partial charge on any atom is -0.345 e. The van der Waals surface area contributed by atoms with Crippen molar-refractivity contribution in [3.05, 3.63) is 64.7 Å². The lowest BCUT2D eigenvalue weighted by molar-refractivity contribution is 0.0919. The molecule has 26 heavy (non-hydrogen) atoms. The van der Waals surface area contributed by atoms with Crippen LogP contribution in [-0.2, 0) is 9.84 Å². The van der Waals surface area contributed by atoms with E-state index in [2.05, 4.69) is 19.2 Å². The summed E-state index contributed by atoms with van der Waals surface area (Å²) in [5.41, 5.74) is 1.19. The zero-order valence-corrected chi connectivity index (χ0v) is 16.8. The van der Waals surface area contributed by atoms with E-state index >= 15 is 0 Å². The molecule has 2 aromatic carbocycles. The highest BCUT2D eigenvalue weighted by Crippen LogP contribution is 2.29. The molecule has 1 N–H and O–H groups in total. The van der Waals surface area contributed by atoms with Crippen LogP contribution in [0.25, 0.3) is 0 Å². The monoisotopic (exact) mass is 393 g/mol. The van der Waals surface area contributed by atoms with Gasteiger partial charge in [-0.05, 0) is 29.7 Å². The first-order chi connectivity index (χ1) is 12.3. The molecule has 2 aromatic rings. The van der Waals surface area contributed by atoms with Gasteiger partial charge in [0.15, 0.2) is 9.84 Å². The van der Waals surface area contributed by atoms with Crippen LogP contribution < -0.4 is 5.32 Å². The van der Waals surface area contributed by atoms with Crippen LogP contribution in [-0.4, -0.2) is 20.6 Å². The predicted molar refractivity (Wildman–Crippen MR) is 105 cm³/mol. The summed E-state index contributed by atoms with van der Waals surface area (Å²) >= 11 is 6.16. The smallest absolute Gasteiger partial charge is 0.253 e. The molecule has 1 amide bonds. The Morgan fingerprint density at radius 1 is 1.08 bits per heavy atom. The fourth-order valence-electron chi connectivity index (χ4n) is 3.02. The molecule has 0 spiro atoms. The van der Waals surface area contributed by atoms with Crippen molar-refractivity contribution in [2.75, 3.05) is 6.26 Å². The van der Waals surface area contributed by atoms with Crippen molar-refractivity contribution < 1.29 is 13.2 Å². The van der Waals surface area contributed by atoms with Crippen molar-refractivity contribution >= 4 is 27.3 Å². The second-order valence-corrected chi connectivity index (χ2v) is 8.78. The molecule has 0 aliphatic rings. The van der Waals surface area contributed by atoms with Gasteiger partial charge >= 0.3 is 0 Å². The molecule has 0 aliphatic heterocycles. The molecule has 0 heterocycles. The largest absolute Gasteiger partial charge is 0.345 e. The molecule has 0 saturated heterocycles. The number of carbonyl (C=O) groups is 1. The second-order valence-electron chi connectivity index (χ2n) is 6.35. The Kier molecular flexibility index (Phi) is 6.84. The van der Waals surface area contributed by atoms with Gasteiger partial charge in [-0.15, -0.1) is 0 Å². The van der Waals surface area contributed by atoms with Crippen molar-refractivity contribution in [1.29, 1.82) is 0 Å². The van der Waals surface area contributed by atoms with Crippen LogP contribution in [0.1, 0.15) is 48.7 Å². The first kappa shape index (κ1) is 20.5. The lowest BCUT2D eigenvalue weighted by Gasteiger charge is -2.27. The summed E-state index contributed by atoms with van der Waals surface area (Å²) in [4.78, 5) is 12.9. The molecule has 1 unspecified atom stereocenters. The molecule has 1 atom stereocenters. The van der Waals surface area contributed by atoms with E-state index in [1.54, 1.807) is 0 Å². The summed E-state index contributed by atoms with van der Waals surface area (Å²) in [6.45, 7) is 4.18. The third-order valence-corrected chi connectivity index (χ3v) is 6.02. The van der Waals surface area contributed by atoms with E-state index in [0.29, 0.717) is 0 Å². The maximum absolute atomic E-state index is 12.9. The van der Waals surface area contributed by atoms with Gasteiger partial charge < -0.3 is 5.32 Å². The molecule has 4 nitrogen and oxygen atoms in total. The molecule has 2 rings (SSSR count). The molecule has 0 aliphatic carbocycles. The normalized spacial score (nSPS) is 12.8. The third kappa shape index (κ3) is 4.86. The van der Waals surface area contributed by atoms with Crippen molar-refractivity contribution in [1.82, 2.24) is 5.32 Å². The number of sulfone groups is 1. The van der Waals surface area contributed by atoms with Crippen LogP contribution >= 0.6 is 11.6 Å². The predicted octanol–water partition coefficient (Wildman–Crippen LogP) is 4.65. The summed E-state index contributed by atoms with van der Waals surface area (Å²) in [6.07, 6.45) is 2.93. The zero-order chi connectivity index (χ0) is 19.3. The highest BCUT2D eigenvalue weighted by molar-refractivity contribution is 7.90. The number of halogens is 1. The maximum Gasteiger partial charge on any atom is 0.253 e. The molecule has 0 bridgehead atoms. The van der Waals surface area contributed by atoms with Gasteiger partial charge in [0.25, 0.3) is 5.91 Å². The molecule has 140 valence electrons. The van der Waals surface area contributed by atoms with Crippen LogP contribution in [0.2, 0.25) is 5.02 Å². The Bertz CT molecular complexity index is 862. The number of benzene rings is 2. The topological polar surface area (TPSA) is 63.2 Å². The Morgan fingerprint density at radius 2 is 1.69 bits per heavy atom. The van der Waals surface area contributed by atoms with Gasteiger partial charge in [-0.2, -0.15) is 0 Å². The van der Waals surface area contributed by atoms with Gasteiger partial charge in [-0.1, -0.05) is 68.6 Å². The highest BCUT2D eigenvalue weighted by atomic mass is 35.5. The summed E-state index contributed by atoms with van der Waals surface area (Å²) in [5.74, 6) is -0.112. The average molecular weight is 394 g/mol. The van der Waals surface area contributed by atoms with E-state index in [9.17, 15) is 13.2 Å². The Morgan fingerprint density at radius 3 is 2.23 bits per heavy atom. The first-order valence-corrected chi connectivity index (χ1v) is 10.9. The fraction of sp³-hybridized carbons (Fsp3) is 0.350. The summed E-state index contributed by atoms with van der Waals surface area (Å²) in [7, 11) is -3.42. The van der Waals surface area contributed by atoms with Gasteiger partial charge in [0.05, 0.1) is 21.5 Å². The Hall–Kier alpha value is -1.85. The number of hydrogen-bond donors (Lipinski definition) is 1. The SMILES string of the molecule is CCC(CC)C(NC(=O)c1cc(S(C)(=O)=O)ccc1Cl)c1ccccc1. The van der Waals surface area contributed by atoms with Crippen molar-refractivity contribution in [2.24, 2.45) is 5.92 Å². The molecule has 6 heteroatoms. The Labute approximate surface area is 160 Å². The van der Waals surface area contributed by atoms with Crippen LogP contribution in [0.5, 0.6) is 0 Å². The van der Waals surface area contributed by atoms with E-state index in [1.165, 1.54) is 18.2 Å². The lowest BCUT2D eigenvalue weighted by atomic mass is 9.88. The van der Waals surface area contributed by atoms with E-state index in [0.717, 1.165) is 24.7 Å². The van der Waals surface area contributed by atoms with Gasteiger partial charge in [0, 0.05) is 6.26 Å². The van der Waals surface area contributed by atoms with Crippen LogP contribution in [0.3, 0.4) is 0 Å². The molecule has 0 fully saturated rings. The number of carbonyl (C=O) groups excluding carboxylic acids is 1. The van der Waals surface area contributed by atoms with Crippen molar-refractivity contribution in [3.63, 3.8) is 0 Å². The fourth-order valence-corrected chi connectivity index (χ4v) is 3.87. The molecule has 0 saturated carbocycles. The molecule has 0 radical (unpaired) electrons. The first-order valence-electron chi connectivity index (χ1n) is 8.63. The van der Waals surface area contributed by atoms with E-state index in [1.807, 2.05) is 30.3 Å². The quantitative estimate of drug-likeness (QED) is 0.744. The summed E-state index contributed by atoms with van der Waals surface area (Å²) in [6, 6.07) is 13.8. The average Bonchev–Trinajstić information content (AvgIpc) is 2.61. The highest BCUT2D eigenvalue weighted by Gasteiger charge is 2.24. The van der Waals surface area contributed by atoms with Crippen LogP contribution in [0.15, 0.2) is 53.4 Å². The molecular weight excluding hydrogens is 370 g/mol. The zero-order valence-electron chi connectivity index (χ0n) is 15.2. The van der Waals surface area contributed by atoms with Gasteiger partial charge in [0.1, 0.15) is 0 Å². The van der Waals surface area contributed by atoms with Gasteiger partial charge in [-0.25, -0.2) is 8.42 Å². The summed E-state index contributed by atoms with van der Waals surface area (Å²) in [5, 5.41) is 3.28. The minimum absolute atomic E-state index is 0.0749. The number of hydrogen-bond acceptors (Lipinski definition) is 3. The van der Waals surface area contributed by atoms with E-state index in [-0.39, 0.29) is 33.3 Å². The van der Waals surface area contributed by atoms with Gasteiger partial charge in [0.2, 0.25) is 0 Å². The Balaban J connectivity index is 2.39. The molecular formula is C20H24ClNO3S. The lowest BCUT2D eigenvalue weighted by Crippen LogP contribution is -2.33. The van der Waals surface area contributed by atoms with Crippen molar-refractivity contribution in [2.45, 2.75) is 37.6 Å². The minimum atomic E-state index is -3.42. The molecule has 0 aromatic heterocycles. The number of rotatable bonds is 7. The van der Waals surface area contributed by atoms with Gasteiger partial charge in [-0.3, -0.25) is 4.79 Å². The second kappa shape index (κ2) is 8.69. The number of amides is 1. The third-order valence-electron chi connectivity index (χ3n) is 4.58. The van der Waals surface area contributed by atoms with Crippen LogP contribution in [0.4, 0.5) is 0 Å². The maximum atomic E-state index is 12.9. The van der Waals surface area contributed by atoms with Crippen molar-refractivity contribution in [3.8, 4) is 0 Å². The van der Waals surface area contributed by atoms with Crippen LogP contribution in [0, 0.1) is 5.92 Å².